The minimum atomic E-state index is -1.05. The first-order valence-electron chi connectivity index (χ1n) is 12.3. The monoisotopic (exact) mass is 549 g/mol. The van der Waals surface area contributed by atoms with Gasteiger partial charge in [-0.25, -0.2) is 9.96 Å². The van der Waals surface area contributed by atoms with E-state index < -0.39 is 29.9 Å². The minimum absolute atomic E-state index is 0.394. The van der Waals surface area contributed by atoms with Gasteiger partial charge < -0.3 is 9.47 Å². The van der Waals surface area contributed by atoms with Crippen LogP contribution in [0.4, 0.5) is 10.7 Å². The maximum absolute atomic E-state index is 14.1. The van der Waals surface area contributed by atoms with Crippen LogP contribution >= 0.6 is 22.9 Å². The van der Waals surface area contributed by atoms with Crippen molar-refractivity contribution in [3.63, 3.8) is 0 Å². The average molecular weight is 550 g/mol. The zero-order valence-corrected chi connectivity index (χ0v) is 22.3. The number of imide groups is 1. The van der Waals surface area contributed by atoms with E-state index in [2.05, 4.69) is 6.07 Å². The van der Waals surface area contributed by atoms with Crippen LogP contribution < -0.4 is 19.4 Å². The summed E-state index contributed by atoms with van der Waals surface area (Å²) in [6, 6.07) is 13.9. The van der Waals surface area contributed by atoms with E-state index >= 15 is 0 Å². The molecule has 0 bridgehead atoms. The van der Waals surface area contributed by atoms with Gasteiger partial charge in [-0.3, -0.25) is 14.4 Å². The van der Waals surface area contributed by atoms with Crippen LogP contribution in [0.1, 0.15) is 40.5 Å². The number of nitrogens with zero attached hydrogens (tertiary/aromatic N) is 3. The zero-order valence-electron chi connectivity index (χ0n) is 20.8. The number of halogens is 1. The van der Waals surface area contributed by atoms with Crippen LogP contribution in [0.25, 0.3) is 0 Å². The first kappa shape index (κ1) is 24.7. The molecule has 0 saturated carbocycles. The van der Waals surface area contributed by atoms with Crippen molar-refractivity contribution >= 4 is 45.4 Å². The zero-order chi connectivity index (χ0) is 26.6. The molecule has 1 aromatic heterocycles. The smallest absolute Gasteiger partial charge is 0.267 e. The molecule has 3 heterocycles. The predicted octanol–water partition coefficient (Wildman–Crippen LogP) is 5.22. The van der Waals surface area contributed by atoms with Gasteiger partial charge in [0.2, 0.25) is 5.91 Å². The van der Waals surface area contributed by atoms with Crippen LogP contribution in [-0.2, 0) is 27.3 Å². The van der Waals surface area contributed by atoms with Gasteiger partial charge in [0.25, 0.3) is 5.91 Å². The Kier molecular flexibility index (Phi) is 6.26. The molecule has 2 fully saturated rings. The number of fused-ring (bicyclic) bond motifs is 2. The fourth-order valence-corrected chi connectivity index (χ4v) is 7.10. The lowest BCUT2D eigenvalue weighted by atomic mass is 9.90. The van der Waals surface area contributed by atoms with Crippen molar-refractivity contribution in [1.82, 2.24) is 0 Å². The second-order valence-electron chi connectivity index (χ2n) is 9.42. The molecule has 10 heteroatoms. The number of amides is 2. The van der Waals surface area contributed by atoms with Gasteiger partial charge in [0, 0.05) is 21.5 Å². The lowest BCUT2D eigenvalue weighted by molar-refractivity contribution is -0.126. The van der Waals surface area contributed by atoms with E-state index in [0.717, 1.165) is 36.1 Å². The Morgan fingerprint density at radius 2 is 1.82 bits per heavy atom. The quantitative estimate of drug-likeness (QED) is 0.403. The molecule has 3 aliphatic rings. The summed E-state index contributed by atoms with van der Waals surface area (Å²) in [5.74, 6) is -0.623. The molecule has 38 heavy (non-hydrogen) atoms. The van der Waals surface area contributed by atoms with Crippen LogP contribution in [0.3, 0.4) is 0 Å². The summed E-state index contributed by atoms with van der Waals surface area (Å²) in [5, 5.41) is 12.5. The van der Waals surface area contributed by atoms with Gasteiger partial charge in [-0.15, -0.1) is 11.3 Å². The van der Waals surface area contributed by atoms with Crippen LogP contribution in [0, 0.1) is 17.2 Å². The highest BCUT2D eigenvalue weighted by Crippen LogP contribution is 2.52. The molecular formula is C28H24ClN3O5S. The molecule has 0 radical (unpaired) electrons. The molecule has 2 aromatic carbocycles. The summed E-state index contributed by atoms with van der Waals surface area (Å²) in [7, 11) is 3.11. The third-order valence-corrected chi connectivity index (χ3v) is 8.95. The Morgan fingerprint density at radius 1 is 1.05 bits per heavy atom. The summed E-state index contributed by atoms with van der Waals surface area (Å²) in [6.45, 7) is 0. The van der Waals surface area contributed by atoms with E-state index in [9.17, 15) is 14.9 Å². The Bertz CT molecular complexity index is 1480. The Morgan fingerprint density at radius 3 is 2.53 bits per heavy atom. The lowest BCUT2D eigenvalue weighted by Gasteiger charge is -2.29. The summed E-state index contributed by atoms with van der Waals surface area (Å²) < 4.78 is 11.0. The summed E-state index contributed by atoms with van der Waals surface area (Å²) >= 11 is 7.50. The highest BCUT2D eigenvalue weighted by molar-refractivity contribution is 7.17. The van der Waals surface area contributed by atoms with Crippen LogP contribution in [0.5, 0.6) is 11.5 Å². The summed E-state index contributed by atoms with van der Waals surface area (Å²) in [6.07, 6.45) is 2.60. The molecule has 2 aliphatic heterocycles. The Labute approximate surface area is 228 Å². The van der Waals surface area contributed by atoms with E-state index in [1.807, 2.05) is 6.07 Å². The minimum Gasteiger partial charge on any atom is -0.497 e. The molecule has 0 unspecified atom stereocenters. The van der Waals surface area contributed by atoms with E-state index in [0.29, 0.717) is 38.3 Å². The normalized spacial score (nSPS) is 22.3. The molecule has 0 spiro atoms. The third kappa shape index (κ3) is 3.75. The number of thiophene rings is 1. The molecule has 3 aromatic rings. The number of methoxy groups -OCH3 is 2. The molecule has 2 amide bonds. The van der Waals surface area contributed by atoms with Crippen molar-refractivity contribution < 1.29 is 23.9 Å². The highest BCUT2D eigenvalue weighted by atomic mass is 35.5. The van der Waals surface area contributed by atoms with Gasteiger partial charge in [0.05, 0.1) is 31.5 Å². The molecule has 6 rings (SSSR count). The lowest BCUT2D eigenvalue weighted by Crippen LogP contribution is -2.37. The summed E-state index contributed by atoms with van der Waals surface area (Å²) in [4.78, 5) is 36.5. The Balaban J connectivity index is 1.47. The number of ether oxygens (including phenoxy) is 2. The second-order valence-corrected chi connectivity index (χ2v) is 10.9. The summed E-state index contributed by atoms with van der Waals surface area (Å²) in [5.41, 5.74) is 2.71. The van der Waals surface area contributed by atoms with Crippen LogP contribution in [-0.4, -0.2) is 32.1 Å². The van der Waals surface area contributed by atoms with Crippen molar-refractivity contribution in [1.29, 1.82) is 5.26 Å². The Hall–Kier alpha value is -3.58. The largest absolute Gasteiger partial charge is 0.497 e. The fraction of sp³-hybridized carbons (Fsp3) is 0.321. The van der Waals surface area contributed by atoms with Crippen LogP contribution in [0.2, 0.25) is 5.02 Å². The maximum Gasteiger partial charge on any atom is 0.267 e. The van der Waals surface area contributed by atoms with Crippen molar-refractivity contribution in [2.45, 2.75) is 37.8 Å². The number of hydroxylamine groups is 1. The number of carbonyl (C=O) groups excluding carboxylic acids is 2. The first-order valence-corrected chi connectivity index (χ1v) is 13.5. The third-order valence-electron chi connectivity index (χ3n) is 7.42. The van der Waals surface area contributed by atoms with Gasteiger partial charge in [-0.05, 0) is 67.6 Å². The maximum atomic E-state index is 14.1. The molecule has 8 nitrogen and oxygen atoms in total. The number of hydrogen-bond donors (Lipinski definition) is 0. The van der Waals surface area contributed by atoms with E-state index in [-0.39, 0.29) is 0 Å². The molecule has 1 aliphatic carbocycles. The molecule has 2 saturated heterocycles. The number of rotatable bonds is 5. The number of carbonyl (C=O) groups is 2. The van der Waals surface area contributed by atoms with E-state index in [4.69, 9.17) is 25.9 Å². The molecule has 0 N–H and O–H groups in total. The second kappa shape index (κ2) is 9.62. The highest BCUT2D eigenvalue weighted by Gasteiger charge is 2.61. The fourth-order valence-electron chi connectivity index (χ4n) is 5.63. The van der Waals surface area contributed by atoms with Gasteiger partial charge in [0.15, 0.2) is 6.10 Å². The SMILES string of the molecule is COc1ccc([C@@H]2[C@@H]3C(=O)N(c4sc5c(c4C#N)CCCC5)C(=O)[C@H]3ON2c2ccc(Cl)cc2)c(OC)c1. The standard InChI is InChI=1S/C28H24ClN3O5S/c1-35-17-11-12-19(21(13-17)36-2)24-23-25(37-32(24)16-9-7-15(29)8-10-16)27(34)31(26(23)33)28-20(14-30)18-5-3-4-6-22(18)38-28/h7-13,23-25H,3-6H2,1-2H3/t23-,24+,25-/m0/s1. The van der Waals surface area contributed by atoms with Gasteiger partial charge in [0.1, 0.15) is 28.5 Å². The van der Waals surface area contributed by atoms with Crippen LogP contribution in [0.15, 0.2) is 42.5 Å². The number of anilines is 2. The number of hydrogen-bond acceptors (Lipinski definition) is 8. The van der Waals surface area contributed by atoms with Crippen molar-refractivity contribution in [2.24, 2.45) is 5.92 Å². The van der Waals surface area contributed by atoms with E-state index in [1.165, 1.54) is 16.2 Å². The van der Waals surface area contributed by atoms with Crippen molar-refractivity contribution in [3.05, 3.63) is 69.1 Å². The number of aryl methyl sites for hydroxylation is 1. The molecule has 194 valence electrons. The number of benzene rings is 2. The predicted molar refractivity (Wildman–Crippen MR) is 143 cm³/mol. The number of nitriles is 1. The molecular weight excluding hydrogens is 526 g/mol. The van der Waals surface area contributed by atoms with Crippen molar-refractivity contribution in [2.75, 3.05) is 24.2 Å². The van der Waals surface area contributed by atoms with Gasteiger partial charge >= 0.3 is 0 Å². The van der Waals surface area contributed by atoms with Gasteiger partial charge in [-0.1, -0.05) is 11.6 Å². The average Bonchev–Trinajstić information content (AvgIpc) is 3.58. The first-order chi connectivity index (χ1) is 18.5. The van der Waals surface area contributed by atoms with E-state index in [1.54, 1.807) is 55.7 Å². The van der Waals surface area contributed by atoms with Crippen molar-refractivity contribution in [3.8, 4) is 17.6 Å². The topological polar surface area (TPSA) is 92.1 Å². The molecule has 3 atom stereocenters. The van der Waals surface area contributed by atoms with Gasteiger partial charge in [-0.2, -0.15) is 5.26 Å².